The summed E-state index contributed by atoms with van der Waals surface area (Å²) in [6, 6.07) is 16.2. The molecule has 0 aliphatic rings. The molecule has 1 atom stereocenters. The molecule has 0 bridgehead atoms. The molecule has 3 rings (SSSR count). The Kier molecular flexibility index (Phi) is 6.18. The summed E-state index contributed by atoms with van der Waals surface area (Å²) in [6.45, 7) is -0.0642. The maximum atomic E-state index is 13.3. The number of methoxy groups -OCH3 is 1. The number of nitrogens with zero attached hydrogens (tertiary/aromatic N) is 1. The van der Waals surface area contributed by atoms with Crippen LogP contribution in [-0.2, 0) is 0 Å². The highest BCUT2D eigenvalue weighted by molar-refractivity contribution is 5.99. The van der Waals surface area contributed by atoms with Crippen molar-refractivity contribution in [1.29, 1.82) is 0 Å². The van der Waals surface area contributed by atoms with E-state index in [-0.39, 0.29) is 6.54 Å². The van der Waals surface area contributed by atoms with Gasteiger partial charge in [-0.1, -0.05) is 24.3 Å². The number of benzene rings is 2. The molecule has 28 heavy (non-hydrogen) atoms. The molecule has 0 aliphatic heterocycles. The van der Waals surface area contributed by atoms with Crippen LogP contribution in [0, 0.1) is 5.82 Å². The van der Waals surface area contributed by atoms with Crippen LogP contribution in [0.5, 0.6) is 5.75 Å². The lowest BCUT2D eigenvalue weighted by Gasteiger charge is -2.15. The van der Waals surface area contributed by atoms with E-state index in [1.54, 1.807) is 37.6 Å². The first-order valence-electron chi connectivity index (χ1n) is 8.65. The Morgan fingerprint density at radius 2 is 2.00 bits per heavy atom. The average molecular weight is 381 g/mol. The highest BCUT2D eigenvalue weighted by Crippen LogP contribution is 2.27. The molecule has 3 aromatic rings. The first kappa shape index (κ1) is 19.3. The summed E-state index contributed by atoms with van der Waals surface area (Å²) < 4.78 is 18.6. The zero-order chi connectivity index (χ0) is 19.9. The number of hydrogen-bond acceptors (Lipinski definition) is 5. The molecule has 7 heteroatoms. The van der Waals surface area contributed by atoms with E-state index in [1.165, 1.54) is 18.2 Å². The van der Waals surface area contributed by atoms with Crippen LogP contribution >= 0.6 is 0 Å². The normalized spacial score (nSPS) is 11.5. The monoisotopic (exact) mass is 381 g/mol. The molecule has 1 aromatic heterocycles. The van der Waals surface area contributed by atoms with Gasteiger partial charge in [0.15, 0.2) is 0 Å². The first-order chi connectivity index (χ1) is 13.6. The SMILES string of the molecule is COc1ccccc1Nc1ncccc1C(=O)NCC(O)c1cccc(F)c1. The number of pyridine rings is 1. The van der Waals surface area contributed by atoms with Gasteiger partial charge in [0.2, 0.25) is 0 Å². The van der Waals surface area contributed by atoms with Crippen molar-refractivity contribution in [3.8, 4) is 5.75 Å². The van der Waals surface area contributed by atoms with Crippen LogP contribution in [0.2, 0.25) is 0 Å². The molecule has 6 nitrogen and oxygen atoms in total. The standard InChI is InChI=1S/C21H20FN3O3/c1-28-19-10-3-2-9-17(19)25-20-16(8-5-11-23-20)21(27)24-13-18(26)14-6-4-7-15(22)12-14/h2-12,18,26H,13H2,1H3,(H,23,25)(H,24,27). The number of carbonyl (C=O) groups is 1. The van der Waals surface area contributed by atoms with E-state index in [0.717, 1.165) is 0 Å². The molecule has 1 unspecified atom stereocenters. The summed E-state index contributed by atoms with van der Waals surface area (Å²) in [7, 11) is 1.56. The Balaban J connectivity index is 1.72. The summed E-state index contributed by atoms with van der Waals surface area (Å²) >= 11 is 0. The molecule has 3 N–H and O–H groups in total. The number of para-hydroxylation sites is 2. The summed E-state index contributed by atoms with van der Waals surface area (Å²) in [5, 5.41) is 15.9. The number of anilines is 2. The molecule has 0 saturated heterocycles. The fourth-order valence-corrected chi connectivity index (χ4v) is 2.68. The second-order valence-corrected chi connectivity index (χ2v) is 6.01. The van der Waals surface area contributed by atoms with Crippen molar-refractivity contribution < 1.29 is 19.0 Å². The maximum Gasteiger partial charge on any atom is 0.255 e. The van der Waals surface area contributed by atoms with E-state index >= 15 is 0 Å². The van der Waals surface area contributed by atoms with Crippen molar-refractivity contribution in [1.82, 2.24) is 10.3 Å². The number of hydrogen-bond donors (Lipinski definition) is 3. The lowest BCUT2D eigenvalue weighted by Crippen LogP contribution is -2.29. The molecule has 0 aliphatic carbocycles. The smallest absolute Gasteiger partial charge is 0.255 e. The van der Waals surface area contributed by atoms with E-state index in [9.17, 15) is 14.3 Å². The van der Waals surface area contributed by atoms with Gasteiger partial charge in [0.25, 0.3) is 5.91 Å². The molecule has 0 saturated carbocycles. The van der Waals surface area contributed by atoms with Crippen LogP contribution in [0.1, 0.15) is 22.0 Å². The number of amides is 1. The van der Waals surface area contributed by atoms with Crippen molar-refractivity contribution in [2.75, 3.05) is 19.0 Å². The molecule has 0 fully saturated rings. The third-order valence-corrected chi connectivity index (χ3v) is 4.10. The van der Waals surface area contributed by atoms with Crippen molar-refractivity contribution in [2.45, 2.75) is 6.10 Å². The Hall–Kier alpha value is -3.45. The molecular weight excluding hydrogens is 361 g/mol. The minimum Gasteiger partial charge on any atom is -0.495 e. The van der Waals surface area contributed by atoms with Gasteiger partial charge in [-0.2, -0.15) is 0 Å². The molecule has 1 amide bonds. The van der Waals surface area contributed by atoms with E-state index in [2.05, 4.69) is 15.6 Å². The number of aliphatic hydroxyl groups is 1. The number of aliphatic hydroxyl groups excluding tert-OH is 1. The number of ether oxygens (including phenoxy) is 1. The number of rotatable bonds is 7. The second kappa shape index (κ2) is 8.96. The molecule has 0 radical (unpaired) electrons. The molecule has 144 valence electrons. The van der Waals surface area contributed by atoms with Gasteiger partial charge in [-0.05, 0) is 42.0 Å². The number of aromatic nitrogens is 1. The predicted molar refractivity (Wildman–Crippen MR) is 104 cm³/mol. The summed E-state index contributed by atoms with van der Waals surface area (Å²) in [5.74, 6) is 0.102. The molecule has 1 heterocycles. The third-order valence-electron chi connectivity index (χ3n) is 4.10. The summed E-state index contributed by atoms with van der Waals surface area (Å²) in [6.07, 6.45) is 0.540. The third kappa shape index (κ3) is 4.63. The number of nitrogens with one attached hydrogen (secondary N) is 2. The fraction of sp³-hybridized carbons (Fsp3) is 0.143. The van der Waals surface area contributed by atoms with Crippen LogP contribution < -0.4 is 15.4 Å². The Morgan fingerprint density at radius 1 is 1.18 bits per heavy atom. The van der Waals surface area contributed by atoms with Crippen LogP contribution in [0.25, 0.3) is 0 Å². The topological polar surface area (TPSA) is 83.5 Å². The molecule has 0 spiro atoms. The van der Waals surface area contributed by atoms with Crippen molar-refractivity contribution in [2.24, 2.45) is 0 Å². The van der Waals surface area contributed by atoms with Gasteiger partial charge in [-0.15, -0.1) is 0 Å². The first-order valence-corrected chi connectivity index (χ1v) is 8.65. The van der Waals surface area contributed by atoms with Gasteiger partial charge >= 0.3 is 0 Å². The van der Waals surface area contributed by atoms with E-state index in [4.69, 9.17) is 4.74 Å². The lowest BCUT2D eigenvalue weighted by molar-refractivity contribution is 0.0916. The Labute approximate surface area is 162 Å². The highest BCUT2D eigenvalue weighted by atomic mass is 19.1. The maximum absolute atomic E-state index is 13.3. The Morgan fingerprint density at radius 3 is 2.79 bits per heavy atom. The highest BCUT2D eigenvalue weighted by Gasteiger charge is 2.16. The van der Waals surface area contributed by atoms with Gasteiger partial charge in [0.05, 0.1) is 24.5 Å². The molecule has 2 aromatic carbocycles. The lowest BCUT2D eigenvalue weighted by atomic mass is 10.1. The van der Waals surface area contributed by atoms with Gasteiger partial charge in [0.1, 0.15) is 17.4 Å². The number of halogens is 1. The second-order valence-electron chi connectivity index (χ2n) is 6.01. The van der Waals surface area contributed by atoms with E-state index in [0.29, 0.717) is 28.4 Å². The van der Waals surface area contributed by atoms with Crippen molar-refractivity contribution in [3.05, 3.63) is 83.8 Å². The quantitative estimate of drug-likeness (QED) is 0.584. The fourth-order valence-electron chi connectivity index (χ4n) is 2.68. The van der Waals surface area contributed by atoms with Crippen LogP contribution in [-0.4, -0.2) is 29.7 Å². The average Bonchev–Trinajstić information content (AvgIpc) is 2.72. The minimum absolute atomic E-state index is 0.0642. The van der Waals surface area contributed by atoms with E-state index < -0.39 is 17.8 Å². The van der Waals surface area contributed by atoms with Crippen molar-refractivity contribution in [3.63, 3.8) is 0 Å². The van der Waals surface area contributed by atoms with Crippen molar-refractivity contribution >= 4 is 17.4 Å². The largest absolute Gasteiger partial charge is 0.495 e. The van der Waals surface area contributed by atoms with Gasteiger partial charge < -0.3 is 20.5 Å². The van der Waals surface area contributed by atoms with Crippen LogP contribution in [0.3, 0.4) is 0 Å². The zero-order valence-corrected chi connectivity index (χ0v) is 15.2. The summed E-state index contributed by atoms with van der Waals surface area (Å²) in [5.41, 5.74) is 1.36. The summed E-state index contributed by atoms with van der Waals surface area (Å²) in [4.78, 5) is 16.8. The van der Waals surface area contributed by atoms with Crippen LogP contribution in [0.4, 0.5) is 15.9 Å². The van der Waals surface area contributed by atoms with Gasteiger partial charge in [0, 0.05) is 12.7 Å². The molecular formula is C21H20FN3O3. The number of carbonyl (C=O) groups excluding carboxylic acids is 1. The van der Waals surface area contributed by atoms with Gasteiger partial charge in [-0.25, -0.2) is 9.37 Å². The zero-order valence-electron chi connectivity index (χ0n) is 15.2. The van der Waals surface area contributed by atoms with E-state index in [1.807, 2.05) is 18.2 Å². The van der Waals surface area contributed by atoms with Gasteiger partial charge in [-0.3, -0.25) is 4.79 Å². The predicted octanol–water partition coefficient (Wildman–Crippen LogP) is 3.44. The van der Waals surface area contributed by atoms with Crippen LogP contribution in [0.15, 0.2) is 66.9 Å². The minimum atomic E-state index is -1.03. The Bertz CT molecular complexity index is 965.